The van der Waals surface area contributed by atoms with Gasteiger partial charge in [0.05, 0.1) is 6.54 Å². The van der Waals surface area contributed by atoms with Crippen LogP contribution >= 0.6 is 31.9 Å². The molecule has 0 amide bonds. The molecule has 123 valence electrons. The molecule has 9 heteroatoms. The van der Waals surface area contributed by atoms with Crippen LogP contribution < -0.4 is 10.3 Å². The maximum atomic E-state index is 12.8. The molecule has 0 N–H and O–H groups in total. The van der Waals surface area contributed by atoms with E-state index in [1.54, 1.807) is 18.2 Å². The van der Waals surface area contributed by atoms with Gasteiger partial charge in [0, 0.05) is 32.7 Å². The van der Waals surface area contributed by atoms with Gasteiger partial charge in [0.2, 0.25) is 5.56 Å². The van der Waals surface area contributed by atoms with Crippen molar-refractivity contribution in [2.45, 2.75) is 13.0 Å². The topological polar surface area (TPSA) is 55.0 Å². The fourth-order valence-electron chi connectivity index (χ4n) is 1.93. The van der Waals surface area contributed by atoms with Crippen molar-refractivity contribution in [3.63, 3.8) is 0 Å². The number of pyridine rings is 1. The predicted molar refractivity (Wildman–Crippen MR) is 87.5 cm³/mol. The van der Waals surface area contributed by atoms with Gasteiger partial charge in [-0.25, -0.2) is 8.78 Å². The van der Waals surface area contributed by atoms with Crippen LogP contribution in [0.25, 0.3) is 11.3 Å². The van der Waals surface area contributed by atoms with Gasteiger partial charge in [-0.3, -0.25) is 4.79 Å². The zero-order valence-electron chi connectivity index (χ0n) is 12.1. The Morgan fingerprint density at radius 2 is 2.04 bits per heavy atom. The minimum absolute atomic E-state index is 0. The standard InChI is InChI=1S/C15H9Br2F2N2O2.Y/c16-11-3-4-13(21(15(11)22)8-14(18)19)10-2-1-9(7-12(10)17)23-6-5-20;/h1-3,7,14H,6,8H2;/q-1;. The van der Waals surface area contributed by atoms with E-state index in [1.807, 2.05) is 6.07 Å². The molecule has 0 aliphatic heterocycles. The van der Waals surface area contributed by atoms with Crippen LogP contribution in [0.4, 0.5) is 8.78 Å². The first kappa shape index (κ1) is 21.4. The smallest absolute Gasteiger partial charge is 0.256 e. The maximum Gasteiger partial charge on any atom is 0.256 e. The average Bonchev–Trinajstić information content (AvgIpc) is 2.50. The SMILES string of the molecule is N#CCOc1ccc(-c2[c-]cc(Br)c(=O)n2CC(F)F)c(Br)c1.[Y]. The van der Waals surface area contributed by atoms with Crippen LogP contribution in [0.1, 0.15) is 0 Å². The van der Waals surface area contributed by atoms with Gasteiger partial charge in [-0.1, -0.05) is 27.2 Å². The van der Waals surface area contributed by atoms with E-state index in [2.05, 4.69) is 37.9 Å². The molecule has 0 spiro atoms. The molecular formula is C15H9Br2F2N2O2Y-. The van der Waals surface area contributed by atoms with E-state index < -0.39 is 18.5 Å². The molecule has 1 aromatic carbocycles. The second-order valence-electron chi connectivity index (χ2n) is 4.38. The molecule has 0 unspecified atom stereocenters. The molecule has 24 heavy (non-hydrogen) atoms. The Balaban J connectivity index is 0.00000288. The first-order chi connectivity index (χ1) is 10.9. The molecule has 0 saturated heterocycles. The quantitative estimate of drug-likeness (QED) is 0.544. The van der Waals surface area contributed by atoms with Crippen LogP contribution in [-0.2, 0) is 39.3 Å². The Bertz CT molecular complexity index is 822. The van der Waals surface area contributed by atoms with Crippen molar-refractivity contribution in [2.75, 3.05) is 6.61 Å². The summed E-state index contributed by atoms with van der Waals surface area (Å²) in [6, 6.07) is 10.9. The van der Waals surface area contributed by atoms with Gasteiger partial charge in [-0.05, 0) is 21.1 Å². The molecule has 2 aromatic rings. The van der Waals surface area contributed by atoms with E-state index in [0.717, 1.165) is 4.57 Å². The first-order valence-corrected chi connectivity index (χ1v) is 7.91. The number of rotatable bonds is 5. The first-order valence-electron chi connectivity index (χ1n) is 6.33. The van der Waals surface area contributed by atoms with Gasteiger partial charge in [0.1, 0.15) is 11.8 Å². The summed E-state index contributed by atoms with van der Waals surface area (Å²) in [7, 11) is 0. The van der Waals surface area contributed by atoms with Crippen molar-refractivity contribution in [1.29, 1.82) is 5.26 Å². The largest absolute Gasteiger partial charge is 0.479 e. The number of aromatic nitrogens is 1. The molecule has 0 atom stereocenters. The van der Waals surface area contributed by atoms with E-state index in [4.69, 9.17) is 10.00 Å². The van der Waals surface area contributed by atoms with Crippen molar-refractivity contribution in [3.05, 3.63) is 49.6 Å². The predicted octanol–water partition coefficient (Wildman–Crippen LogP) is 4.01. The monoisotopic (exact) mass is 534 g/mol. The van der Waals surface area contributed by atoms with Gasteiger partial charge in [-0.15, -0.1) is 22.0 Å². The summed E-state index contributed by atoms with van der Waals surface area (Å²) in [5.74, 6) is 0.446. The number of halogens is 4. The van der Waals surface area contributed by atoms with Crippen molar-refractivity contribution in [3.8, 4) is 23.1 Å². The average molecular weight is 536 g/mol. The van der Waals surface area contributed by atoms with Crippen LogP contribution in [0, 0.1) is 17.4 Å². The third-order valence-corrected chi connectivity index (χ3v) is 4.10. The summed E-state index contributed by atoms with van der Waals surface area (Å²) < 4.78 is 32.4. The van der Waals surface area contributed by atoms with Crippen LogP contribution in [0.15, 0.2) is 38.0 Å². The van der Waals surface area contributed by atoms with E-state index >= 15 is 0 Å². The van der Waals surface area contributed by atoms with Crippen molar-refractivity contribution >= 4 is 31.9 Å². The molecular weight excluding hydrogens is 527 g/mol. The Labute approximate surface area is 178 Å². The van der Waals surface area contributed by atoms with Gasteiger partial charge in [0.25, 0.3) is 6.43 Å². The zero-order valence-corrected chi connectivity index (χ0v) is 18.1. The molecule has 1 aromatic heterocycles. The third kappa shape index (κ3) is 5.19. The van der Waals surface area contributed by atoms with E-state index in [0.29, 0.717) is 15.8 Å². The zero-order chi connectivity index (χ0) is 17.0. The van der Waals surface area contributed by atoms with E-state index in [9.17, 15) is 13.6 Å². The van der Waals surface area contributed by atoms with Crippen molar-refractivity contribution in [2.24, 2.45) is 0 Å². The Kier molecular flexibility index (Phi) is 8.71. The molecule has 0 bridgehead atoms. The molecule has 0 aliphatic rings. The fourth-order valence-corrected chi connectivity index (χ4v) is 2.80. The van der Waals surface area contributed by atoms with Crippen LogP contribution in [-0.4, -0.2) is 17.6 Å². The second kappa shape index (κ2) is 9.76. The maximum absolute atomic E-state index is 12.8. The number of hydrogen-bond acceptors (Lipinski definition) is 3. The van der Waals surface area contributed by atoms with E-state index in [-0.39, 0.29) is 49.5 Å². The van der Waals surface area contributed by atoms with Crippen molar-refractivity contribution in [1.82, 2.24) is 4.57 Å². The minimum atomic E-state index is -2.67. The summed E-state index contributed by atoms with van der Waals surface area (Å²) in [5, 5.41) is 8.50. The molecule has 0 aliphatic carbocycles. The number of alkyl halides is 2. The number of nitriles is 1. The third-order valence-electron chi connectivity index (χ3n) is 2.87. The molecule has 2 rings (SSSR count). The fraction of sp³-hybridized carbons (Fsp3) is 0.200. The Morgan fingerprint density at radius 1 is 1.33 bits per heavy atom. The van der Waals surface area contributed by atoms with Crippen LogP contribution in [0.2, 0.25) is 0 Å². The second-order valence-corrected chi connectivity index (χ2v) is 6.09. The number of nitrogens with zero attached hydrogens (tertiary/aromatic N) is 2. The summed E-state index contributed by atoms with van der Waals surface area (Å²) >= 11 is 6.35. The molecule has 1 radical (unpaired) electrons. The number of benzene rings is 1. The molecule has 4 nitrogen and oxygen atoms in total. The Hall–Kier alpha value is -0.616. The normalized spacial score (nSPS) is 10.2. The molecule has 0 fully saturated rings. The van der Waals surface area contributed by atoms with Gasteiger partial charge >= 0.3 is 0 Å². The summed E-state index contributed by atoms with van der Waals surface area (Å²) in [5.41, 5.74) is 0.188. The minimum Gasteiger partial charge on any atom is -0.479 e. The van der Waals surface area contributed by atoms with Gasteiger partial charge in [-0.2, -0.15) is 17.4 Å². The Morgan fingerprint density at radius 3 is 2.62 bits per heavy atom. The summed E-state index contributed by atoms with van der Waals surface area (Å²) in [4.78, 5) is 12.1. The molecule has 1 heterocycles. The summed E-state index contributed by atoms with van der Waals surface area (Å²) in [6.45, 7) is -0.838. The molecule has 0 saturated carbocycles. The van der Waals surface area contributed by atoms with Gasteiger partial charge in [0.15, 0.2) is 6.61 Å². The number of ether oxygens (including phenoxy) is 1. The van der Waals surface area contributed by atoms with Crippen LogP contribution in [0.3, 0.4) is 0 Å². The van der Waals surface area contributed by atoms with Crippen molar-refractivity contribution < 1.29 is 46.2 Å². The van der Waals surface area contributed by atoms with Crippen LogP contribution in [0.5, 0.6) is 5.75 Å². The number of hydrogen-bond donors (Lipinski definition) is 0. The summed E-state index contributed by atoms with van der Waals surface area (Å²) in [6.07, 6.45) is -2.67. The van der Waals surface area contributed by atoms with E-state index in [1.165, 1.54) is 6.07 Å². The van der Waals surface area contributed by atoms with Gasteiger partial charge < -0.3 is 9.30 Å².